The zero-order valence-corrected chi connectivity index (χ0v) is 15.8. The van der Waals surface area contributed by atoms with Crippen LogP contribution in [0.1, 0.15) is 15.9 Å². The molecule has 3 heterocycles. The van der Waals surface area contributed by atoms with Gasteiger partial charge in [-0.1, -0.05) is 12.1 Å². The highest BCUT2D eigenvalue weighted by molar-refractivity contribution is 7.16. The van der Waals surface area contributed by atoms with E-state index in [-0.39, 0.29) is 18.3 Å². The average molecular weight is 390 g/mol. The van der Waals surface area contributed by atoms with E-state index in [1.807, 2.05) is 34.5 Å². The van der Waals surface area contributed by atoms with Crippen molar-refractivity contribution in [2.45, 2.75) is 6.54 Å². The summed E-state index contributed by atoms with van der Waals surface area (Å²) < 4.78 is 0. The maximum atomic E-state index is 12.7. The molecule has 1 aliphatic heterocycles. The van der Waals surface area contributed by atoms with Gasteiger partial charge in [-0.25, -0.2) is 9.97 Å². The molecule has 8 heteroatoms. The first kappa shape index (κ1) is 18.6. The largest absolute Gasteiger partial charge is 0.352 e. The zero-order chi connectivity index (χ0) is 17.2. The van der Waals surface area contributed by atoms with Gasteiger partial charge in [-0.3, -0.25) is 4.79 Å². The van der Waals surface area contributed by atoms with Crippen molar-refractivity contribution in [1.82, 2.24) is 14.9 Å². The normalized spacial score (nSPS) is 14.3. The maximum absolute atomic E-state index is 12.7. The summed E-state index contributed by atoms with van der Waals surface area (Å²) >= 11 is 1.62. The molecule has 0 aliphatic carbocycles. The van der Waals surface area contributed by atoms with Crippen molar-refractivity contribution in [2.24, 2.45) is 5.73 Å². The van der Waals surface area contributed by atoms with Gasteiger partial charge in [0.05, 0.1) is 5.39 Å². The number of carbonyl (C=O) groups excluding carboxylic acids is 1. The van der Waals surface area contributed by atoms with Crippen LogP contribution in [-0.2, 0) is 6.54 Å². The van der Waals surface area contributed by atoms with Crippen LogP contribution in [0.15, 0.2) is 42.0 Å². The summed E-state index contributed by atoms with van der Waals surface area (Å²) in [7, 11) is 0. The highest BCUT2D eigenvalue weighted by atomic mass is 35.5. The van der Waals surface area contributed by atoms with Crippen LogP contribution in [0.2, 0.25) is 0 Å². The van der Waals surface area contributed by atoms with Crippen molar-refractivity contribution in [1.29, 1.82) is 0 Å². The van der Waals surface area contributed by atoms with E-state index < -0.39 is 0 Å². The smallest absolute Gasteiger partial charge is 0.253 e. The summed E-state index contributed by atoms with van der Waals surface area (Å²) in [6.45, 7) is 3.41. The number of rotatable bonds is 3. The SMILES string of the molecule is Cl.NCc1ccc(C(=O)N2CCN(c3ncnc4sccc34)CC2)cc1. The van der Waals surface area contributed by atoms with Gasteiger partial charge >= 0.3 is 0 Å². The number of hydrogen-bond donors (Lipinski definition) is 1. The van der Waals surface area contributed by atoms with E-state index in [1.165, 1.54) is 0 Å². The molecule has 1 amide bonds. The van der Waals surface area contributed by atoms with E-state index in [2.05, 4.69) is 20.9 Å². The van der Waals surface area contributed by atoms with Gasteiger partial charge in [-0.2, -0.15) is 0 Å². The number of hydrogen-bond acceptors (Lipinski definition) is 6. The number of nitrogens with two attached hydrogens (primary N) is 1. The number of carbonyl (C=O) groups is 1. The Kier molecular flexibility index (Phi) is 5.70. The summed E-state index contributed by atoms with van der Waals surface area (Å²) in [6.07, 6.45) is 1.62. The van der Waals surface area contributed by atoms with Crippen LogP contribution >= 0.6 is 23.7 Å². The molecule has 1 aliphatic rings. The monoisotopic (exact) mass is 389 g/mol. The highest BCUT2D eigenvalue weighted by Crippen LogP contribution is 2.27. The lowest BCUT2D eigenvalue weighted by Gasteiger charge is -2.35. The number of piperazine rings is 1. The second-order valence-corrected chi connectivity index (χ2v) is 6.91. The lowest BCUT2D eigenvalue weighted by molar-refractivity contribution is 0.0746. The molecule has 1 aromatic carbocycles. The van der Waals surface area contributed by atoms with E-state index in [9.17, 15) is 4.79 Å². The molecule has 0 radical (unpaired) electrons. The standard InChI is InChI=1S/C18H19N5OS.ClH/c19-11-13-1-3-14(4-2-13)18(24)23-8-6-22(7-9-23)16-15-5-10-25-17(15)21-12-20-16;/h1-5,10,12H,6-9,11,19H2;1H. The van der Waals surface area contributed by atoms with Crippen molar-refractivity contribution in [3.63, 3.8) is 0 Å². The molecule has 0 bridgehead atoms. The van der Waals surface area contributed by atoms with Crippen molar-refractivity contribution in [2.75, 3.05) is 31.1 Å². The number of anilines is 1. The van der Waals surface area contributed by atoms with Crippen molar-refractivity contribution in [3.05, 3.63) is 53.2 Å². The number of halogens is 1. The quantitative estimate of drug-likeness (QED) is 0.745. The molecule has 4 rings (SSSR count). The lowest BCUT2D eigenvalue weighted by atomic mass is 10.1. The Labute approximate surface area is 162 Å². The summed E-state index contributed by atoms with van der Waals surface area (Å²) in [5.41, 5.74) is 7.36. The predicted octanol–water partition coefficient (Wildman–Crippen LogP) is 2.53. The van der Waals surface area contributed by atoms with Gasteiger partial charge in [0.2, 0.25) is 0 Å². The van der Waals surface area contributed by atoms with Crippen LogP contribution in [0.4, 0.5) is 5.82 Å². The molecule has 0 unspecified atom stereocenters. The van der Waals surface area contributed by atoms with E-state index in [1.54, 1.807) is 17.7 Å². The third kappa shape index (κ3) is 3.51. The Morgan fingerprint density at radius 2 is 1.81 bits per heavy atom. The zero-order valence-electron chi connectivity index (χ0n) is 14.2. The van der Waals surface area contributed by atoms with Gasteiger partial charge in [-0.15, -0.1) is 23.7 Å². The molecule has 1 fully saturated rings. The van der Waals surface area contributed by atoms with Gasteiger partial charge in [0, 0.05) is 38.3 Å². The maximum Gasteiger partial charge on any atom is 0.253 e. The number of aromatic nitrogens is 2. The van der Waals surface area contributed by atoms with Crippen LogP contribution in [-0.4, -0.2) is 47.0 Å². The third-order valence-corrected chi connectivity index (χ3v) is 5.36. The molecule has 2 N–H and O–H groups in total. The van der Waals surface area contributed by atoms with Gasteiger partial charge in [0.25, 0.3) is 5.91 Å². The molecule has 0 spiro atoms. The molecule has 26 heavy (non-hydrogen) atoms. The summed E-state index contributed by atoms with van der Waals surface area (Å²) in [5.74, 6) is 1.04. The van der Waals surface area contributed by atoms with E-state index in [0.29, 0.717) is 25.2 Å². The Hall–Kier alpha value is -2.22. The van der Waals surface area contributed by atoms with Crippen LogP contribution in [0, 0.1) is 0 Å². The molecular weight excluding hydrogens is 370 g/mol. The molecule has 6 nitrogen and oxygen atoms in total. The average Bonchev–Trinajstić information content (AvgIpc) is 3.16. The van der Waals surface area contributed by atoms with E-state index >= 15 is 0 Å². The number of nitrogens with zero attached hydrogens (tertiary/aromatic N) is 4. The van der Waals surface area contributed by atoms with Gasteiger partial charge < -0.3 is 15.5 Å². The molecule has 2 aromatic heterocycles. The fourth-order valence-corrected chi connectivity index (χ4v) is 3.84. The highest BCUT2D eigenvalue weighted by Gasteiger charge is 2.24. The predicted molar refractivity (Wildman–Crippen MR) is 107 cm³/mol. The second kappa shape index (κ2) is 7.99. The van der Waals surface area contributed by atoms with Gasteiger partial charge in [-0.05, 0) is 29.1 Å². The first-order valence-corrected chi connectivity index (χ1v) is 9.15. The lowest BCUT2D eigenvalue weighted by Crippen LogP contribution is -2.49. The first-order chi connectivity index (χ1) is 12.3. The van der Waals surface area contributed by atoms with Crippen molar-refractivity contribution < 1.29 is 4.79 Å². The van der Waals surface area contributed by atoms with E-state index in [0.717, 1.165) is 34.7 Å². The minimum Gasteiger partial charge on any atom is -0.352 e. The number of fused-ring (bicyclic) bond motifs is 1. The summed E-state index contributed by atoms with van der Waals surface area (Å²) in [6, 6.07) is 9.60. The third-order valence-electron chi connectivity index (χ3n) is 4.54. The first-order valence-electron chi connectivity index (χ1n) is 8.27. The molecular formula is C18H20ClN5OS. The minimum absolute atomic E-state index is 0. The van der Waals surface area contributed by atoms with Gasteiger partial charge in [0.15, 0.2) is 0 Å². The van der Waals surface area contributed by atoms with Crippen molar-refractivity contribution in [3.8, 4) is 0 Å². The Balaban J connectivity index is 0.00000196. The molecule has 136 valence electrons. The number of benzene rings is 1. The Morgan fingerprint density at radius 1 is 1.08 bits per heavy atom. The van der Waals surface area contributed by atoms with Crippen LogP contribution in [0.25, 0.3) is 10.2 Å². The number of thiophene rings is 1. The number of amides is 1. The Morgan fingerprint density at radius 3 is 2.50 bits per heavy atom. The Bertz CT molecular complexity index is 890. The molecule has 3 aromatic rings. The van der Waals surface area contributed by atoms with Crippen LogP contribution in [0.5, 0.6) is 0 Å². The fraction of sp³-hybridized carbons (Fsp3) is 0.278. The molecule has 0 saturated carbocycles. The van der Waals surface area contributed by atoms with Crippen LogP contribution < -0.4 is 10.6 Å². The van der Waals surface area contributed by atoms with Crippen LogP contribution in [0.3, 0.4) is 0 Å². The summed E-state index contributed by atoms with van der Waals surface area (Å²) in [4.78, 5) is 26.6. The summed E-state index contributed by atoms with van der Waals surface area (Å²) in [5, 5.41) is 3.12. The minimum atomic E-state index is 0. The fourth-order valence-electron chi connectivity index (χ4n) is 3.12. The van der Waals surface area contributed by atoms with Crippen molar-refractivity contribution >= 4 is 45.7 Å². The second-order valence-electron chi connectivity index (χ2n) is 6.02. The topological polar surface area (TPSA) is 75.4 Å². The van der Waals surface area contributed by atoms with Gasteiger partial charge in [0.1, 0.15) is 17.0 Å². The molecule has 0 atom stereocenters. The van der Waals surface area contributed by atoms with E-state index in [4.69, 9.17) is 5.73 Å². The molecule has 1 saturated heterocycles.